The van der Waals surface area contributed by atoms with Gasteiger partial charge in [-0.25, -0.2) is 4.79 Å². The summed E-state index contributed by atoms with van der Waals surface area (Å²) in [5.41, 5.74) is 1.16. The number of carbonyl (C=O) groups excluding carboxylic acids is 1. The summed E-state index contributed by atoms with van der Waals surface area (Å²) in [7, 11) is 2.26. The molecule has 23 heavy (non-hydrogen) atoms. The number of carbonyl (C=O) groups is 1. The zero-order valence-electron chi connectivity index (χ0n) is 14.0. The Labute approximate surface area is 138 Å². The van der Waals surface area contributed by atoms with E-state index in [0.717, 1.165) is 37.9 Å². The van der Waals surface area contributed by atoms with Crippen LogP contribution in [0.2, 0.25) is 0 Å². The first-order valence-corrected chi connectivity index (χ1v) is 9.14. The number of hydrogen-bond acceptors (Lipinski definition) is 2. The Morgan fingerprint density at radius 1 is 1.22 bits per heavy atom. The number of fused-ring (bicyclic) bond motifs is 2. The van der Waals surface area contributed by atoms with Crippen molar-refractivity contribution >= 4 is 6.03 Å². The van der Waals surface area contributed by atoms with Gasteiger partial charge in [0.05, 0.1) is 6.04 Å². The number of hydrogen-bond donors (Lipinski definition) is 2. The smallest absolute Gasteiger partial charge is 0.318 e. The SMILES string of the molecule is CN1[C@H]2CCC[C@H]1CC(NC(=O)N1CCC[C@H]1c1ccc[nH]1)C2. The molecule has 126 valence electrons. The van der Waals surface area contributed by atoms with E-state index >= 15 is 0 Å². The first-order chi connectivity index (χ1) is 11.2. The Morgan fingerprint density at radius 2 is 2.00 bits per heavy atom. The predicted molar refractivity (Wildman–Crippen MR) is 90.2 cm³/mol. The van der Waals surface area contributed by atoms with E-state index < -0.39 is 0 Å². The molecule has 2 bridgehead atoms. The molecule has 4 rings (SSSR count). The van der Waals surface area contributed by atoms with Gasteiger partial charge >= 0.3 is 6.03 Å². The van der Waals surface area contributed by atoms with Crippen LogP contribution in [0.1, 0.15) is 56.7 Å². The van der Waals surface area contributed by atoms with Crippen molar-refractivity contribution in [3.8, 4) is 0 Å². The first kappa shape index (κ1) is 15.1. The van der Waals surface area contributed by atoms with Crippen LogP contribution in [-0.4, -0.2) is 52.5 Å². The second-order valence-electron chi connectivity index (χ2n) is 7.50. The molecule has 1 aromatic heterocycles. The number of rotatable bonds is 2. The van der Waals surface area contributed by atoms with Crippen LogP contribution in [0.5, 0.6) is 0 Å². The van der Waals surface area contributed by atoms with Gasteiger partial charge in [0.25, 0.3) is 0 Å². The molecule has 3 aliphatic rings. The predicted octanol–water partition coefficient (Wildman–Crippen LogP) is 2.88. The van der Waals surface area contributed by atoms with E-state index in [2.05, 4.69) is 28.3 Å². The highest BCUT2D eigenvalue weighted by Gasteiger charge is 2.38. The van der Waals surface area contributed by atoms with Crippen molar-refractivity contribution in [3.63, 3.8) is 0 Å². The molecular weight excluding hydrogens is 288 g/mol. The number of likely N-dealkylation sites (tertiary alicyclic amines) is 1. The minimum atomic E-state index is 0.134. The Kier molecular flexibility index (Phi) is 4.05. The van der Waals surface area contributed by atoms with E-state index in [1.54, 1.807) is 0 Å². The minimum Gasteiger partial charge on any atom is -0.363 e. The average Bonchev–Trinajstić information content (AvgIpc) is 3.18. The number of nitrogens with one attached hydrogen (secondary N) is 2. The molecule has 0 spiro atoms. The topological polar surface area (TPSA) is 51.4 Å². The summed E-state index contributed by atoms with van der Waals surface area (Å²) >= 11 is 0. The molecule has 0 aliphatic carbocycles. The molecule has 0 radical (unpaired) electrons. The van der Waals surface area contributed by atoms with Gasteiger partial charge in [-0.15, -0.1) is 0 Å². The van der Waals surface area contributed by atoms with Crippen LogP contribution < -0.4 is 5.32 Å². The molecule has 0 saturated carbocycles. The molecule has 2 amide bonds. The highest BCUT2D eigenvalue weighted by Crippen LogP contribution is 2.34. The standard InChI is InChI=1S/C18H28N4O/c1-21-14-5-2-6-15(21)12-13(11-14)20-18(23)22-10-4-8-17(22)16-7-3-9-19-16/h3,7,9,13-15,17,19H,2,4-6,8,10-12H2,1H3,(H,20,23)/t14-,15-,17-/m0/s1. The quantitative estimate of drug-likeness (QED) is 0.881. The number of aromatic nitrogens is 1. The Hall–Kier alpha value is -1.49. The minimum absolute atomic E-state index is 0.134. The van der Waals surface area contributed by atoms with Crippen molar-refractivity contribution in [1.29, 1.82) is 0 Å². The maximum Gasteiger partial charge on any atom is 0.318 e. The van der Waals surface area contributed by atoms with Gasteiger partial charge in [0.2, 0.25) is 0 Å². The van der Waals surface area contributed by atoms with Crippen molar-refractivity contribution in [2.24, 2.45) is 0 Å². The van der Waals surface area contributed by atoms with Crippen LogP contribution >= 0.6 is 0 Å². The highest BCUT2D eigenvalue weighted by molar-refractivity contribution is 5.75. The lowest BCUT2D eigenvalue weighted by molar-refractivity contribution is 0.0492. The molecule has 5 heteroatoms. The molecule has 0 unspecified atom stereocenters. The third kappa shape index (κ3) is 2.87. The van der Waals surface area contributed by atoms with E-state index in [1.807, 2.05) is 17.2 Å². The number of H-pyrrole nitrogens is 1. The molecule has 4 heterocycles. The van der Waals surface area contributed by atoms with Crippen LogP contribution in [0, 0.1) is 0 Å². The van der Waals surface area contributed by atoms with Crippen LogP contribution in [0.4, 0.5) is 4.79 Å². The average molecular weight is 316 g/mol. The third-order valence-electron chi connectivity index (χ3n) is 6.16. The fourth-order valence-corrected chi connectivity index (χ4v) is 4.88. The van der Waals surface area contributed by atoms with Crippen molar-refractivity contribution in [1.82, 2.24) is 20.1 Å². The summed E-state index contributed by atoms with van der Waals surface area (Å²) in [6.45, 7) is 0.870. The van der Waals surface area contributed by atoms with Crippen LogP contribution in [0.25, 0.3) is 0 Å². The second kappa shape index (κ2) is 6.19. The molecule has 3 fully saturated rings. The molecular formula is C18H28N4O. The lowest BCUT2D eigenvalue weighted by Crippen LogP contribution is -2.56. The maximum atomic E-state index is 12.8. The summed E-state index contributed by atoms with van der Waals surface area (Å²) in [6, 6.07) is 6.12. The molecule has 5 nitrogen and oxygen atoms in total. The monoisotopic (exact) mass is 316 g/mol. The number of amides is 2. The van der Waals surface area contributed by atoms with Gasteiger partial charge in [-0.2, -0.15) is 0 Å². The van der Waals surface area contributed by atoms with E-state index in [9.17, 15) is 4.79 Å². The van der Waals surface area contributed by atoms with Crippen LogP contribution in [0.3, 0.4) is 0 Å². The van der Waals surface area contributed by atoms with Crippen LogP contribution in [-0.2, 0) is 0 Å². The molecule has 3 saturated heterocycles. The van der Waals surface area contributed by atoms with Gasteiger partial charge in [-0.05, 0) is 57.7 Å². The van der Waals surface area contributed by atoms with E-state index in [0.29, 0.717) is 18.1 Å². The van der Waals surface area contributed by atoms with Gasteiger partial charge < -0.3 is 20.1 Å². The lowest BCUT2D eigenvalue weighted by Gasteiger charge is -2.47. The Bertz CT molecular complexity index is 529. The van der Waals surface area contributed by atoms with Crippen molar-refractivity contribution in [2.45, 2.75) is 69.1 Å². The summed E-state index contributed by atoms with van der Waals surface area (Å²) in [4.78, 5) is 20.7. The lowest BCUT2D eigenvalue weighted by atomic mass is 9.82. The largest absolute Gasteiger partial charge is 0.363 e. The van der Waals surface area contributed by atoms with E-state index in [1.165, 1.54) is 19.3 Å². The normalized spacial score (nSPS) is 34.6. The number of aromatic amines is 1. The summed E-state index contributed by atoms with van der Waals surface area (Å²) in [5, 5.41) is 3.35. The van der Waals surface area contributed by atoms with E-state index in [-0.39, 0.29) is 12.1 Å². The zero-order valence-corrected chi connectivity index (χ0v) is 14.0. The van der Waals surface area contributed by atoms with Crippen molar-refractivity contribution in [3.05, 3.63) is 24.0 Å². The summed E-state index contributed by atoms with van der Waals surface area (Å²) < 4.78 is 0. The molecule has 1 aromatic rings. The molecule has 2 N–H and O–H groups in total. The molecule has 0 aromatic carbocycles. The zero-order chi connectivity index (χ0) is 15.8. The fraction of sp³-hybridized carbons (Fsp3) is 0.722. The van der Waals surface area contributed by atoms with Gasteiger partial charge in [-0.1, -0.05) is 6.42 Å². The number of urea groups is 1. The summed E-state index contributed by atoms with van der Waals surface area (Å²) in [5.74, 6) is 0. The Morgan fingerprint density at radius 3 is 2.70 bits per heavy atom. The fourth-order valence-electron chi connectivity index (χ4n) is 4.88. The number of nitrogens with zero attached hydrogens (tertiary/aromatic N) is 2. The third-order valence-corrected chi connectivity index (χ3v) is 6.16. The van der Waals surface area contributed by atoms with Gasteiger partial charge in [0.15, 0.2) is 0 Å². The maximum absolute atomic E-state index is 12.8. The van der Waals surface area contributed by atoms with Gasteiger partial charge in [0, 0.05) is 36.6 Å². The van der Waals surface area contributed by atoms with Crippen molar-refractivity contribution < 1.29 is 4.79 Å². The highest BCUT2D eigenvalue weighted by atomic mass is 16.2. The second-order valence-corrected chi connectivity index (χ2v) is 7.50. The summed E-state index contributed by atoms with van der Waals surface area (Å²) in [6.07, 6.45) is 10.2. The van der Waals surface area contributed by atoms with E-state index in [4.69, 9.17) is 0 Å². The van der Waals surface area contributed by atoms with Gasteiger partial charge in [-0.3, -0.25) is 0 Å². The van der Waals surface area contributed by atoms with Gasteiger partial charge in [0.1, 0.15) is 0 Å². The Balaban J connectivity index is 1.40. The number of piperidine rings is 2. The molecule has 3 aliphatic heterocycles. The van der Waals surface area contributed by atoms with Crippen molar-refractivity contribution in [2.75, 3.05) is 13.6 Å². The first-order valence-electron chi connectivity index (χ1n) is 9.14. The molecule has 3 atom stereocenters. The van der Waals surface area contributed by atoms with Crippen LogP contribution in [0.15, 0.2) is 18.3 Å².